The molecule has 0 spiro atoms. The third kappa shape index (κ3) is 4.53. The van der Waals surface area contributed by atoms with Gasteiger partial charge in [-0.15, -0.1) is 0 Å². The normalized spacial score (nSPS) is 12.0. The lowest BCUT2D eigenvalue weighted by Gasteiger charge is -2.31. The highest BCUT2D eigenvalue weighted by Crippen LogP contribution is 2.24. The Morgan fingerprint density at radius 1 is 1.07 bits per heavy atom. The van der Waals surface area contributed by atoms with Crippen molar-refractivity contribution in [1.82, 2.24) is 14.5 Å². The van der Waals surface area contributed by atoms with Crippen LogP contribution < -0.4 is 10.3 Å². The Balaban J connectivity index is 1.96. The molecule has 0 N–H and O–H groups in total. The summed E-state index contributed by atoms with van der Waals surface area (Å²) in [4.78, 5) is 32.7. The number of fused-ring (bicyclic) bond motifs is 1. The number of carbonyl (C=O) groups excluding carboxylic acids is 1. The van der Waals surface area contributed by atoms with Crippen LogP contribution in [-0.2, 0) is 11.3 Å². The molecule has 0 saturated heterocycles. The molecule has 1 atom stereocenters. The molecule has 158 valence electrons. The van der Waals surface area contributed by atoms with Gasteiger partial charge in [-0.1, -0.05) is 44.2 Å². The van der Waals surface area contributed by atoms with Crippen molar-refractivity contribution < 1.29 is 9.53 Å². The zero-order valence-corrected chi connectivity index (χ0v) is 17.9. The second kappa shape index (κ2) is 10.1. The van der Waals surface area contributed by atoms with Crippen LogP contribution in [0.25, 0.3) is 10.9 Å². The van der Waals surface area contributed by atoms with Gasteiger partial charge in [-0.25, -0.2) is 4.98 Å². The number of ether oxygens (including phenoxy) is 1. The van der Waals surface area contributed by atoms with Crippen LogP contribution in [-0.4, -0.2) is 33.5 Å². The van der Waals surface area contributed by atoms with Gasteiger partial charge in [0.1, 0.15) is 11.6 Å². The lowest BCUT2D eigenvalue weighted by molar-refractivity contribution is -0.136. The Labute approximate surface area is 177 Å². The van der Waals surface area contributed by atoms with Gasteiger partial charge in [0.25, 0.3) is 11.5 Å². The standard InChI is InChI=1S/C24H29N3O3/c1-4-16-27-23(25-20-15-11-10-14-19(20)24(27)29)21(5-2)26(6-3)22(28)17-30-18-12-8-7-9-13-18/h7-15,21H,4-6,16-17H2,1-3H3. The minimum atomic E-state index is -0.300. The molecule has 3 aromatic rings. The van der Waals surface area contributed by atoms with E-state index in [0.29, 0.717) is 42.0 Å². The van der Waals surface area contributed by atoms with Crippen LogP contribution in [0.2, 0.25) is 0 Å². The van der Waals surface area contributed by atoms with Crippen LogP contribution in [0.15, 0.2) is 59.4 Å². The summed E-state index contributed by atoms with van der Waals surface area (Å²) in [7, 11) is 0. The Morgan fingerprint density at radius 3 is 2.43 bits per heavy atom. The highest BCUT2D eigenvalue weighted by molar-refractivity contribution is 5.79. The van der Waals surface area contributed by atoms with E-state index in [2.05, 4.69) is 0 Å². The highest BCUT2D eigenvalue weighted by atomic mass is 16.5. The molecule has 1 aromatic heterocycles. The van der Waals surface area contributed by atoms with Gasteiger partial charge in [-0.3, -0.25) is 14.2 Å². The maximum Gasteiger partial charge on any atom is 0.261 e. The van der Waals surface area contributed by atoms with Crippen molar-refractivity contribution in [3.8, 4) is 5.75 Å². The number of nitrogens with zero attached hydrogens (tertiary/aromatic N) is 3. The number of carbonyl (C=O) groups is 1. The molecule has 6 heteroatoms. The zero-order chi connectivity index (χ0) is 21.5. The average Bonchev–Trinajstić information content (AvgIpc) is 2.78. The lowest BCUT2D eigenvalue weighted by Crippen LogP contribution is -2.41. The molecule has 2 aromatic carbocycles. The number of hydrogen-bond acceptors (Lipinski definition) is 4. The fourth-order valence-electron chi connectivity index (χ4n) is 3.74. The minimum Gasteiger partial charge on any atom is -0.484 e. The second-order valence-corrected chi connectivity index (χ2v) is 7.15. The van der Waals surface area contributed by atoms with Crippen molar-refractivity contribution in [3.05, 3.63) is 70.8 Å². The fraction of sp³-hybridized carbons (Fsp3) is 0.375. The third-order valence-electron chi connectivity index (χ3n) is 5.17. The molecule has 3 rings (SSSR count). The first kappa shape index (κ1) is 21.6. The maximum absolute atomic E-state index is 13.1. The topological polar surface area (TPSA) is 64.4 Å². The van der Waals surface area contributed by atoms with Crippen LogP contribution in [0.4, 0.5) is 0 Å². The van der Waals surface area contributed by atoms with Crippen molar-refractivity contribution >= 4 is 16.8 Å². The van der Waals surface area contributed by atoms with E-state index in [1.807, 2.05) is 69.3 Å². The lowest BCUT2D eigenvalue weighted by atomic mass is 10.1. The van der Waals surface area contributed by atoms with E-state index in [1.165, 1.54) is 0 Å². The van der Waals surface area contributed by atoms with Crippen molar-refractivity contribution in [2.45, 2.75) is 46.2 Å². The number of hydrogen-bond donors (Lipinski definition) is 0. The number of benzene rings is 2. The maximum atomic E-state index is 13.1. The molecule has 6 nitrogen and oxygen atoms in total. The number of amides is 1. The summed E-state index contributed by atoms with van der Waals surface area (Å²) in [5.74, 6) is 1.17. The molecule has 1 amide bonds. The first-order chi connectivity index (χ1) is 14.6. The number of rotatable bonds is 9. The molecule has 0 aliphatic rings. The number of likely N-dealkylation sites (N-methyl/N-ethyl adjacent to an activating group) is 1. The molecule has 1 heterocycles. The summed E-state index contributed by atoms with van der Waals surface area (Å²) < 4.78 is 7.40. The molecule has 0 fully saturated rings. The van der Waals surface area contributed by atoms with E-state index < -0.39 is 0 Å². The first-order valence-corrected chi connectivity index (χ1v) is 10.6. The summed E-state index contributed by atoms with van der Waals surface area (Å²) in [6.45, 7) is 6.99. The van der Waals surface area contributed by atoms with E-state index >= 15 is 0 Å². The fourth-order valence-corrected chi connectivity index (χ4v) is 3.74. The summed E-state index contributed by atoms with van der Waals surface area (Å²) in [5.41, 5.74) is 0.604. The van der Waals surface area contributed by atoms with Gasteiger partial charge < -0.3 is 9.64 Å². The Hall–Kier alpha value is -3.15. The molecule has 0 aliphatic carbocycles. The average molecular weight is 408 g/mol. The molecule has 0 aliphatic heterocycles. The smallest absolute Gasteiger partial charge is 0.261 e. The van der Waals surface area contributed by atoms with Gasteiger partial charge in [0.15, 0.2) is 6.61 Å². The van der Waals surface area contributed by atoms with Gasteiger partial charge in [0, 0.05) is 13.1 Å². The predicted octanol–water partition coefficient (Wildman–Crippen LogP) is 4.19. The molecule has 0 bridgehead atoms. The van der Waals surface area contributed by atoms with E-state index in [9.17, 15) is 9.59 Å². The minimum absolute atomic E-state index is 0.0556. The van der Waals surface area contributed by atoms with Gasteiger partial charge in [-0.2, -0.15) is 0 Å². The van der Waals surface area contributed by atoms with E-state index in [1.54, 1.807) is 15.5 Å². The van der Waals surface area contributed by atoms with Crippen LogP contribution in [0.5, 0.6) is 5.75 Å². The molecule has 0 saturated carbocycles. The Morgan fingerprint density at radius 2 is 1.77 bits per heavy atom. The first-order valence-electron chi connectivity index (χ1n) is 10.6. The second-order valence-electron chi connectivity index (χ2n) is 7.15. The molecule has 0 radical (unpaired) electrons. The quantitative estimate of drug-likeness (QED) is 0.534. The largest absolute Gasteiger partial charge is 0.484 e. The summed E-state index contributed by atoms with van der Waals surface area (Å²) in [5, 5.41) is 0.603. The van der Waals surface area contributed by atoms with Crippen LogP contribution in [0, 0.1) is 0 Å². The zero-order valence-electron chi connectivity index (χ0n) is 17.9. The van der Waals surface area contributed by atoms with Crippen molar-refractivity contribution in [3.63, 3.8) is 0 Å². The highest BCUT2D eigenvalue weighted by Gasteiger charge is 2.27. The van der Waals surface area contributed by atoms with Gasteiger partial charge in [0.05, 0.1) is 16.9 Å². The third-order valence-corrected chi connectivity index (χ3v) is 5.17. The van der Waals surface area contributed by atoms with E-state index in [-0.39, 0.29) is 24.1 Å². The Bertz CT molecular complexity index is 1050. The van der Waals surface area contributed by atoms with Gasteiger partial charge >= 0.3 is 0 Å². The van der Waals surface area contributed by atoms with E-state index in [4.69, 9.17) is 9.72 Å². The molecule has 1 unspecified atom stereocenters. The summed E-state index contributed by atoms with van der Waals surface area (Å²) in [6, 6.07) is 16.4. The SMILES string of the molecule is CCCn1c(C(CC)N(CC)C(=O)COc2ccccc2)nc2ccccc2c1=O. The van der Waals surface area contributed by atoms with Crippen molar-refractivity contribution in [1.29, 1.82) is 0 Å². The van der Waals surface area contributed by atoms with Gasteiger partial charge in [0.2, 0.25) is 0 Å². The molecular formula is C24H29N3O3. The predicted molar refractivity (Wildman–Crippen MR) is 119 cm³/mol. The monoisotopic (exact) mass is 407 g/mol. The van der Waals surface area contributed by atoms with Crippen LogP contribution in [0.3, 0.4) is 0 Å². The number of aromatic nitrogens is 2. The van der Waals surface area contributed by atoms with E-state index in [0.717, 1.165) is 6.42 Å². The summed E-state index contributed by atoms with van der Waals surface area (Å²) in [6.07, 6.45) is 1.46. The van der Waals surface area contributed by atoms with Crippen LogP contribution in [0.1, 0.15) is 45.5 Å². The van der Waals surface area contributed by atoms with Crippen LogP contribution >= 0.6 is 0 Å². The van der Waals surface area contributed by atoms with Crippen molar-refractivity contribution in [2.24, 2.45) is 0 Å². The van der Waals surface area contributed by atoms with Gasteiger partial charge in [-0.05, 0) is 44.0 Å². The Kier molecular flexibility index (Phi) is 7.22. The summed E-state index contributed by atoms with van der Waals surface area (Å²) >= 11 is 0. The number of para-hydroxylation sites is 2. The van der Waals surface area contributed by atoms with Crippen molar-refractivity contribution in [2.75, 3.05) is 13.2 Å². The molecule has 30 heavy (non-hydrogen) atoms. The molecular weight excluding hydrogens is 378 g/mol.